The van der Waals surface area contributed by atoms with Gasteiger partial charge in [0.1, 0.15) is 11.9 Å². The minimum Gasteiger partial charge on any atom is -0.480 e. The number of benzene rings is 2. The summed E-state index contributed by atoms with van der Waals surface area (Å²) in [6.45, 7) is 1.81. The number of carboxylic acid groups (broad SMARTS) is 1. The van der Waals surface area contributed by atoms with Crippen molar-refractivity contribution in [3.05, 3.63) is 70.1 Å². The number of hydrogen-bond acceptors (Lipinski definition) is 2. The standard InChI is InChI=1S/C25H26ClFN2O3/c1-2-21(25(31)32)29-22-10-9-17(28-23(30)11-8-15-6-4-3-5-7-15)14-18(22)19-12-16(27)13-20(26)24(19)29/h3-7,12-13,17,21H,2,8-11,14H2,1H3,(H,28,30)(H,31,32)/t17-,21?/m0/s1. The number of hydrogen-bond donors (Lipinski definition) is 2. The Balaban J connectivity index is 1.60. The Hall–Kier alpha value is -2.86. The largest absolute Gasteiger partial charge is 0.480 e. The fourth-order valence-electron chi connectivity index (χ4n) is 4.77. The lowest BCUT2D eigenvalue weighted by atomic mass is 9.91. The second-order valence-electron chi connectivity index (χ2n) is 8.33. The zero-order chi connectivity index (χ0) is 22.8. The molecule has 3 aromatic rings. The van der Waals surface area contributed by atoms with Crippen molar-refractivity contribution in [3.63, 3.8) is 0 Å². The van der Waals surface area contributed by atoms with E-state index in [9.17, 15) is 19.1 Å². The second kappa shape index (κ2) is 9.33. The van der Waals surface area contributed by atoms with Crippen LogP contribution in [0.5, 0.6) is 0 Å². The number of carbonyl (C=O) groups excluding carboxylic acids is 1. The first-order valence-electron chi connectivity index (χ1n) is 11.0. The molecular formula is C25H26ClFN2O3. The van der Waals surface area contributed by atoms with E-state index in [1.165, 1.54) is 12.1 Å². The molecule has 1 aliphatic carbocycles. The molecule has 0 spiro atoms. The summed E-state index contributed by atoms with van der Waals surface area (Å²) in [7, 11) is 0. The first-order valence-corrected chi connectivity index (χ1v) is 11.3. The summed E-state index contributed by atoms with van der Waals surface area (Å²) in [5.41, 5.74) is 3.42. The van der Waals surface area contributed by atoms with Crippen molar-refractivity contribution in [3.8, 4) is 0 Å². The summed E-state index contributed by atoms with van der Waals surface area (Å²) in [6.07, 6.45) is 3.25. The zero-order valence-corrected chi connectivity index (χ0v) is 18.7. The first-order chi connectivity index (χ1) is 15.4. The van der Waals surface area contributed by atoms with E-state index >= 15 is 0 Å². The molecule has 1 aliphatic rings. The Labute approximate surface area is 191 Å². The van der Waals surface area contributed by atoms with Crippen LogP contribution in [0.15, 0.2) is 42.5 Å². The summed E-state index contributed by atoms with van der Waals surface area (Å²) < 4.78 is 16.0. The van der Waals surface area contributed by atoms with E-state index in [1.54, 1.807) is 4.57 Å². The normalized spacial score (nSPS) is 16.5. The van der Waals surface area contributed by atoms with E-state index in [0.717, 1.165) is 16.8 Å². The van der Waals surface area contributed by atoms with Gasteiger partial charge in [-0.15, -0.1) is 0 Å². The Bertz CT molecular complexity index is 1160. The van der Waals surface area contributed by atoms with Crippen LogP contribution in [0.4, 0.5) is 4.39 Å². The monoisotopic (exact) mass is 456 g/mol. The molecule has 2 N–H and O–H groups in total. The lowest BCUT2D eigenvalue weighted by Gasteiger charge is -2.26. The van der Waals surface area contributed by atoms with Crippen LogP contribution in [0, 0.1) is 5.82 Å². The van der Waals surface area contributed by atoms with Gasteiger partial charge in [0, 0.05) is 23.5 Å². The molecule has 0 fully saturated rings. The summed E-state index contributed by atoms with van der Waals surface area (Å²) >= 11 is 6.39. The third-order valence-corrected chi connectivity index (χ3v) is 6.53. The van der Waals surface area contributed by atoms with E-state index < -0.39 is 17.8 Å². The Morgan fingerprint density at radius 1 is 1.28 bits per heavy atom. The number of halogens is 2. The number of carbonyl (C=O) groups is 2. The number of aryl methyl sites for hydroxylation is 1. The highest BCUT2D eigenvalue weighted by Crippen LogP contribution is 2.39. The molecule has 32 heavy (non-hydrogen) atoms. The number of amides is 1. The van der Waals surface area contributed by atoms with Crippen molar-refractivity contribution in [2.24, 2.45) is 0 Å². The minimum atomic E-state index is -0.941. The van der Waals surface area contributed by atoms with Crippen LogP contribution >= 0.6 is 11.6 Å². The summed E-state index contributed by atoms with van der Waals surface area (Å²) in [5.74, 6) is -1.42. The average molecular weight is 457 g/mol. The molecular weight excluding hydrogens is 431 g/mol. The molecule has 2 atom stereocenters. The predicted molar refractivity (Wildman–Crippen MR) is 123 cm³/mol. The molecule has 2 aromatic carbocycles. The van der Waals surface area contributed by atoms with Gasteiger partial charge in [-0.3, -0.25) is 4.79 Å². The highest BCUT2D eigenvalue weighted by atomic mass is 35.5. The van der Waals surface area contributed by atoms with Gasteiger partial charge in [0.15, 0.2) is 0 Å². The van der Waals surface area contributed by atoms with Gasteiger partial charge >= 0.3 is 5.97 Å². The van der Waals surface area contributed by atoms with Crippen molar-refractivity contribution in [2.75, 3.05) is 0 Å². The van der Waals surface area contributed by atoms with Crippen LogP contribution in [0.2, 0.25) is 5.02 Å². The predicted octanol–water partition coefficient (Wildman–Crippen LogP) is 5.08. The minimum absolute atomic E-state index is 0.0211. The summed E-state index contributed by atoms with van der Waals surface area (Å²) in [4.78, 5) is 24.5. The molecule has 4 rings (SSSR count). The van der Waals surface area contributed by atoms with E-state index in [1.807, 2.05) is 37.3 Å². The van der Waals surface area contributed by atoms with Crippen molar-refractivity contribution in [1.29, 1.82) is 0 Å². The summed E-state index contributed by atoms with van der Waals surface area (Å²) in [6, 6.07) is 11.6. The summed E-state index contributed by atoms with van der Waals surface area (Å²) in [5, 5.41) is 13.7. The average Bonchev–Trinajstić information content (AvgIpc) is 3.07. The Morgan fingerprint density at radius 2 is 2.03 bits per heavy atom. The third kappa shape index (κ3) is 4.37. The van der Waals surface area contributed by atoms with E-state index in [0.29, 0.717) is 49.4 Å². The van der Waals surface area contributed by atoms with Gasteiger partial charge in [-0.05, 0) is 55.4 Å². The Morgan fingerprint density at radius 3 is 2.72 bits per heavy atom. The van der Waals surface area contributed by atoms with Crippen LogP contribution in [0.3, 0.4) is 0 Å². The Kier molecular flexibility index (Phi) is 6.51. The highest BCUT2D eigenvalue weighted by Gasteiger charge is 2.32. The number of nitrogens with one attached hydrogen (secondary N) is 1. The number of carboxylic acids is 1. The van der Waals surface area contributed by atoms with Crippen molar-refractivity contribution < 1.29 is 19.1 Å². The van der Waals surface area contributed by atoms with Gasteiger partial charge in [0.25, 0.3) is 0 Å². The van der Waals surface area contributed by atoms with Crippen LogP contribution in [0.1, 0.15) is 49.0 Å². The molecule has 0 radical (unpaired) electrons. The van der Waals surface area contributed by atoms with Crippen LogP contribution in [-0.4, -0.2) is 27.6 Å². The van der Waals surface area contributed by atoms with Gasteiger partial charge < -0.3 is 15.0 Å². The molecule has 0 saturated carbocycles. The number of rotatable bonds is 7. The third-order valence-electron chi connectivity index (χ3n) is 6.25. The molecule has 0 saturated heterocycles. The fraction of sp³-hybridized carbons (Fsp3) is 0.360. The van der Waals surface area contributed by atoms with Crippen molar-refractivity contribution in [1.82, 2.24) is 9.88 Å². The number of aromatic nitrogens is 1. The maximum atomic E-state index is 14.2. The first kappa shape index (κ1) is 22.3. The van der Waals surface area contributed by atoms with E-state index in [-0.39, 0.29) is 17.0 Å². The molecule has 1 unspecified atom stereocenters. The fourth-order valence-corrected chi connectivity index (χ4v) is 5.07. The van der Waals surface area contributed by atoms with Gasteiger partial charge in [0.05, 0.1) is 10.5 Å². The van der Waals surface area contributed by atoms with Gasteiger partial charge in [-0.2, -0.15) is 0 Å². The molecule has 5 nitrogen and oxygen atoms in total. The smallest absolute Gasteiger partial charge is 0.326 e. The second-order valence-corrected chi connectivity index (χ2v) is 8.74. The van der Waals surface area contributed by atoms with Gasteiger partial charge in [-0.25, -0.2) is 9.18 Å². The topological polar surface area (TPSA) is 71.3 Å². The van der Waals surface area contributed by atoms with Crippen LogP contribution in [0.25, 0.3) is 10.9 Å². The van der Waals surface area contributed by atoms with Crippen molar-refractivity contribution >= 4 is 34.4 Å². The molecule has 168 valence electrons. The SMILES string of the molecule is CCC(C(=O)O)n1c2c(c3cc(F)cc(Cl)c31)C[C@@H](NC(=O)CCc1ccccc1)CC2. The van der Waals surface area contributed by atoms with Gasteiger partial charge in [0.2, 0.25) is 5.91 Å². The lowest BCUT2D eigenvalue weighted by Crippen LogP contribution is -2.39. The quantitative estimate of drug-likeness (QED) is 0.521. The highest BCUT2D eigenvalue weighted by molar-refractivity contribution is 6.35. The molecule has 0 bridgehead atoms. The molecule has 0 aliphatic heterocycles. The number of fused-ring (bicyclic) bond motifs is 3. The lowest BCUT2D eigenvalue weighted by molar-refractivity contribution is -0.141. The maximum absolute atomic E-state index is 14.2. The van der Waals surface area contributed by atoms with Crippen LogP contribution in [-0.2, 0) is 28.9 Å². The maximum Gasteiger partial charge on any atom is 0.326 e. The molecule has 1 heterocycles. The van der Waals surface area contributed by atoms with Gasteiger partial charge in [-0.1, -0.05) is 48.9 Å². The van der Waals surface area contributed by atoms with E-state index in [2.05, 4.69) is 5.32 Å². The number of aliphatic carboxylic acids is 1. The van der Waals surface area contributed by atoms with Crippen molar-refractivity contribution in [2.45, 2.75) is 57.5 Å². The zero-order valence-electron chi connectivity index (χ0n) is 17.9. The van der Waals surface area contributed by atoms with Crippen LogP contribution < -0.4 is 5.32 Å². The molecule has 7 heteroatoms. The molecule has 1 aromatic heterocycles. The number of nitrogens with zero attached hydrogens (tertiary/aromatic N) is 1. The molecule has 1 amide bonds. The van der Waals surface area contributed by atoms with E-state index in [4.69, 9.17) is 11.6 Å².